The molecule has 18 nitrogen and oxygen atoms in total. The third-order valence-corrected chi connectivity index (χ3v) is 18.9. The maximum Gasteiger partial charge on any atom is 0.161 e. The summed E-state index contributed by atoms with van der Waals surface area (Å²) in [6.07, 6.45) is 9.94. The largest absolute Gasteiger partial charge is 0.493 e. The van der Waals surface area contributed by atoms with E-state index >= 15 is 0 Å². The van der Waals surface area contributed by atoms with Gasteiger partial charge < -0.3 is 85.3 Å². The molecule has 9 aromatic carbocycles. The number of hydrogen-bond acceptors (Lipinski definition) is 18. The molecule has 3 heterocycles. The fourth-order valence-electron chi connectivity index (χ4n) is 13.2. The van der Waals surface area contributed by atoms with Crippen molar-refractivity contribution in [3.05, 3.63) is 249 Å². The van der Waals surface area contributed by atoms with Crippen LogP contribution >= 0.6 is 0 Å². The van der Waals surface area contributed by atoms with Crippen LogP contribution in [0.1, 0.15) is 125 Å². The van der Waals surface area contributed by atoms with Crippen molar-refractivity contribution in [3.63, 3.8) is 0 Å². The molecule has 3 fully saturated rings. The normalized spacial score (nSPS) is 16.3. The fraction of sp³-hybridized carbons (Fsp3) is 0.379. The number of benzene rings is 9. The Kier molecular flexibility index (Phi) is 26.9. The van der Waals surface area contributed by atoms with Crippen LogP contribution in [-0.2, 0) is 87.3 Å². The van der Waals surface area contributed by atoms with Gasteiger partial charge in [-0.05, 0) is 217 Å². The van der Waals surface area contributed by atoms with Crippen LogP contribution in [-0.4, -0.2) is 99.7 Å². The molecule has 105 heavy (non-hydrogen) atoms. The van der Waals surface area contributed by atoms with Gasteiger partial charge in [0, 0.05) is 19.8 Å². The lowest BCUT2D eigenvalue weighted by molar-refractivity contribution is -0.169. The van der Waals surface area contributed by atoms with Crippen LogP contribution in [0, 0.1) is 0 Å². The van der Waals surface area contributed by atoms with E-state index in [1.54, 1.807) is 21.3 Å². The second-order valence-electron chi connectivity index (χ2n) is 26.4. The van der Waals surface area contributed by atoms with E-state index in [1.165, 1.54) is 0 Å². The molecule has 0 spiro atoms. The van der Waals surface area contributed by atoms with Crippen LogP contribution in [0.5, 0.6) is 69.0 Å². The molecular weight excluding hydrogens is 1330 g/mol. The predicted molar refractivity (Wildman–Crippen MR) is 397 cm³/mol. The first-order chi connectivity index (χ1) is 51.8. The predicted octanol–water partition coefficient (Wildman–Crippen LogP) is 17.0. The zero-order valence-electron chi connectivity index (χ0n) is 60.5. The summed E-state index contributed by atoms with van der Waals surface area (Å²) in [5.74, 6) is 6.99. The molecule has 0 aromatic heterocycles. The highest BCUT2D eigenvalue weighted by molar-refractivity contribution is 5.59. The van der Waals surface area contributed by atoms with Crippen molar-refractivity contribution in [2.75, 3.05) is 80.8 Å². The summed E-state index contributed by atoms with van der Waals surface area (Å²) >= 11 is 0. The minimum absolute atomic E-state index is 0.192. The maximum absolute atomic E-state index is 6.84. The number of fused-ring (bicyclic) bond motifs is 3. The smallest absolute Gasteiger partial charge is 0.161 e. The van der Waals surface area contributed by atoms with Gasteiger partial charge in [0.05, 0.1) is 41.2 Å². The van der Waals surface area contributed by atoms with E-state index in [2.05, 4.69) is 72.8 Å². The van der Waals surface area contributed by atoms with Gasteiger partial charge in [0.1, 0.15) is 59.5 Å². The summed E-state index contributed by atoms with van der Waals surface area (Å²) in [5.41, 5.74) is 12.0. The third kappa shape index (κ3) is 21.3. The van der Waals surface area contributed by atoms with E-state index in [4.69, 9.17) is 85.3 Å². The number of rotatable bonds is 36. The van der Waals surface area contributed by atoms with Gasteiger partial charge in [-0.3, -0.25) is 0 Å². The standard InChI is InChI=1S/C87H96O18/c1-88-76-43-64(58-103-85-25-13-16-34-97-85)28-31-73(76)91-37-40-94-79-49-67-46-71-53-83(101-56-62-21-9-5-10-22-62)81(96-42-39-93-75-33-30-66(45-78(75)90-3)60-105-87-27-15-18-36-99-87)51-69(71)48-72-54-84(102-57-63-23-11-6-12-24-63)80(50-68(72)47-70(67)52-82(79)100-55-61-19-7-4-8-20-61)95-41-38-92-74-32-29-65(44-77(74)89-2)59-104-86-26-14-17-35-98-86/h4-12,19-24,28-33,43-45,49-54,85-87H,13-18,25-27,34-42,46-48,55-60H2,1-3H3. The first-order valence-electron chi connectivity index (χ1n) is 36.8. The Morgan fingerprint density at radius 2 is 0.505 bits per heavy atom. The molecule has 552 valence electrons. The van der Waals surface area contributed by atoms with Gasteiger partial charge in [-0.1, -0.05) is 109 Å². The van der Waals surface area contributed by atoms with Crippen molar-refractivity contribution in [1.29, 1.82) is 0 Å². The van der Waals surface area contributed by atoms with Crippen LogP contribution in [0.25, 0.3) is 0 Å². The average molecular weight is 1430 g/mol. The second-order valence-corrected chi connectivity index (χ2v) is 26.4. The van der Waals surface area contributed by atoms with Crippen molar-refractivity contribution >= 4 is 0 Å². The van der Waals surface area contributed by atoms with Gasteiger partial charge in [0.25, 0.3) is 0 Å². The lowest BCUT2D eigenvalue weighted by Crippen LogP contribution is -2.22. The molecule has 13 rings (SSSR count). The van der Waals surface area contributed by atoms with Gasteiger partial charge in [-0.2, -0.15) is 0 Å². The first kappa shape index (κ1) is 73.6. The number of methoxy groups -OCH3 is 3. The van der Waals surface area contributed by atoms with E-state index in [1.807, 2.05) is 109 Å². The molecule has 3 unspecified atom stereocenters. The van der Waals surface area contributed by atoms with Crippen LogP contribution in [0.4, 0.5) is 0 Å². The quantitative estimate of drug-likeness (QED) is 0.0340. The summed E-state index contributed by atoms with van der Waals surface area (Å²) in [6, 6.07) is 60.7. The van der Waals surface area contributed by atoms with Crippen molar-refractivity contribution < 1.29 is 85.3 Å². The van der Waals surface area contributed by atoms with E-state index in [9.17, 15) is 0 Å². The molecule has 18 heteroatoms. The van der Waals surface area contributed by atoms with Gasteiger partial charge in [0.2, 0.25) is 0 Å². The van der Waals surface area contributed by atoms with Gasteiger partial charge in [-0.15, -0.1) is 0 Å². The molecule has 0 N–H and O–H groups in total. The van der Waals surface area contributed by atoms with Crippen molar-refractivity contribution in [1.82, 2.24) is 0 Å². The second kappa shape index (κ2) is 38.4. The van der Waals surface area contributed by atoms with Crippen LogP contribution in [0.2, 0.25) is 0 Å². The maximum atomic E-state index is 6.84. The van der Waals surface area contributed by atoms with Crippen LogP contribution < -0.4 is 56.8 Å². The van der Waals surface area contributed by atoms with Crippen molar-refractivity contribution in [2.45, 2.75) is 136 Å². The third-order valence-electron chi connectivity index (χ3n) is 18.9. The Morgan fingerprint density at radius 1 is 0.248 bits per heavy atom. The number of ether oxygens (including phenoxy) is 18. The van der Waals surface area contributed by atoms with Gasteiger partial charge in [-0.25, -0.2) is 0 Å². The molecule has 0 bridgehead atoms. The van der Waals surface area contributed by atoms with Crippen molar-refractivity contribution in [3.8, 4) is 69.0 Å². The molecular formula is C87H96O18. The topological polar surface area (TPSA) is 166 Å². The van der Waals surface area contributed by atoms with E-state index in [0.29, 0.717) is 148 Å². The molecule has 0 radical (unpaired) electrons. The fourth-order valence-corrected chi connectivity index (χ4v) is 13.2. The Bertz CT molecular complexity index is 3750. The average Bonchev–Trinajstić information content (AvgIpc) is 1.71. The molecule has 1 aliphatic carbocycles. The SMILES string of the molecule is COc1cc(COC2CCCCO2)ccc1OCCOc1cc2c(cc1OCc1ccccc1)Cc1cc(OCCOc3ccc(COC4CCCCO4)cc3OC)c(OCc3ccccc3)cc1Cc1cc(OCCOc3ccc(COC4CCCCO4)cc3OC)c(OCc3ccccc3)cc1C2. The Labute approximate surface area is 616 Å². The van der Waals surface area contributed by atoms with E-state index in [-0.39, 0.29) is 58.5 Å². The van der Waals surface area contributed by atoms with Gasteiger partial charge in [0.15, 0.2) is 87.9 Å². The highest BCUT2D eigenvalue weighted by atomic mass is 16.7. The highest BCUT2D eigenvalue weighted by Crippen LogP contribution is 2.43. The lowest BCUT2D eigenvalue weighted by atomic mass is 9.94. The molecule has 4 aliphatic rings. The zero-order chi connectivity index (χ0) is 71.6. The Morgan fingerprint density at radius 3 is 0.752 bits per heavy atom. The summed E-state index contributed by atoms with van der Waals surface area (Å²) < 4.78 is 114. The summed E-state index contributed by atoms with van der Waals surface area (Å²) in [4.78, 5) is 0. The molecule has 3 aliphatic heterocycles. The minimum atomic E-state index is -0.208. The first-order valence-corrected chi connectivity index (χ1v) is 36.8. The molecule has 3 atom stereocenters. The molecule has 0 saturated carbocycles. The monoisotopic (exact) mass is 1430 g/mol. The Hall–Kier alpha value is -9.66. The molecule has 3 saturated heterocycles. The molecule has 0 amide bonds. The van der Waals surface area contributed by atoms with Crippen molar-refractivity contribution in [2.24, 2.45) is 0 Å². The zero-order valence-corrected chi connectivity index (χ0v) is 60.5. The van der Waals surface area contributed by atoms with E-state index < -0.39 is 0 Å². The Balaban J connectivity index is 0.823. The summed E-state index contributed by atoms with van der Waals surface area (Å²) in [6.45, 7) is 5.45. The van der Waals surface area contributed by atoms with Crippen LogP contribution in [0.15, 0.2) is 182 Å². The number of hydrogen-bond donors (Lipinski definition) is 0. The summed E-state index contributed by atoms with van der Waals surface area (Å²) in [5, 5.41) is 0. The molecule has 9 aromatic rings. The summed E-state index contributed by atoms with van der Waals surface area (Å²) in [7, 11) is 4.92. The van der Waals surface area contributed by atoms with Gasteiger partial charge >= 0.3 is 0 Å². The lowest BCUT2D eigenvalue weighted by Gasteiger charge is -2.23. The minimum Gasteiger partial charge on any atom is -0.493 e. The van der Waals surface area contributed by atoms with Crippen LogP contribution in [0.3, 0.4) is 0 Å². The van der Waals surface area contributed by atoms with E-state index in [0.717, 1.165) is 125 Å². The highest BCUT2D eigenvalue weighted by Gasteiger charge is 2.26.